The Labute approximate surface area is 130 Å². The minimum absolute atomic E-state index is 0.0497. The number of rotatable bonds is 2. The molecule has 4 nitrogen and oxygen atoms in total. The van der Waals surface area contributed by atoms with Crippen molar-refractivity contribution in [2.75, 3.05) is 6.54 Å². The molecule has 126 valence electrons. The lowest BCUT2D eigenvalue weighted by molar-refractivity contribution is -0.140. The highest BCUT2D eigenvalue weighted by Gasteiger charge is 2.36. The standard InChI is InChI=1S/C15H16F4N2O2/c1-8-2-3-10(13(20)22)7-21(8)14(23)9-4-5-12(16)11(6-9)15(17,18)19/h4-6,8,10H,2-3,7H2,1H3,(H2,20,22). The van der Waals surface area contributed by atoms with Crippen molar-refractivity contribution in [3.05, 3.63) is 35.1 Å². The van der Waals surface area contributed by atoms with Gasteiger partial charge in [0, 0.05) is 18.2 Å². The van der Waals surface area contributed by atoms with E-state index in [1.54, 1.807) is 6.92 Å². The topological polar surface area (TPSA) is 63.4 Å². The maximum absolute atomic E-state index is 13.3. The van der Waals surface area contributed by atoms with E-state index in [-0.39, 0.29) is 18.2 Å². The van der Waals surface area contributed by atoms with E-state index in [4.69, 9.17) is 5.73 Å². The van der Waals surface area contributed by atoms with Crippen LogP contribution in [0.3, 0.4) is 0 Å². The fourth-order valence-corrected chi connectivity index (χ4v) is 2.66. The smallest absolute Gasteiger partial charge is 0.369 e. The first-order valence-corrected chi connectivity index (χ1v) is 7.08. The number of nitrogens with zero attached hydrogens (tertiary/aromatic N) is 1. The number of alkyl halides is 3. The van der Waals surface area contributed by atoms with Crippen LogP contribution in [-0.4, -0.2) is 29.3 Å². The van der Waals surface area contributed by atoms with E-state index in [2.05, 4.69) is 0 Å². The normalized spacial score (nSPS) is 22.0. The van der Waals surface area contributed by atoms with Gasteiger partial charge in [-0.25, -0.2) is 4.39 Å². The molecule has 1 aliphatic rings. The van der Waals surface area contributed by atoms with Crippen molar-refractivity contribution in [2.24, 2.45) is 11.7 Å². The summed E-state index contributed by atoms with van der Waals surface area (Å²) in [6, 6.07) is 1.89. The molecule has 2 atom stereocenters. The van der Waals surface area contributed by atoms with Gasteiger partial charge in [0.15, 0.2) is 0 Å². The lowest BCUT2D eigenvalue weighted by Crippen LogP contribution is -2.48. The Morgan fingerprint density at radius 3 is 2.48 bits per heavy atom. The van der Waals surface area contributed by atoms with Gasteiger partial charge in [0.05, 0.1) is 11.5 Å². The Kier molecular flexibility index (Phi) is 4.63. The minimum Gasteiger partial charge on any atom is -0.369 e. The molecule has 2 amide bonds. The number of hydrogen-bond acceptors (Lipinski definition) is 2. The average molecular weight is 332 g/mol. The molecule has 1 aliphatic heterocycles. The maximum atomic E-state index is 13.3. The number of primary amides is 1. The van der Waals surface area contributed by atoms with E-state index >= 15 is 0 Å². The van der Waals surface area contributed by atoms with E-state index < -0.39 is 35.3 Å². The van der Waals surface area contributed by atoms with Crippen LogP contribution in [0.5, 0.6) is 0 Å². The third-order valence-corrected chi connectivity index (χ3v) is 4.06. The Hall–Kier alpha value is -2.12. The molecule has 2 rings (SSSR count). The predicted molar refractivity (Wildman–Crippen MR) is 73.8 cm³/mol. The van der Waals surface area contributed by atoms with Crippen molar-refractivity contribution in [2.45, 2.75) is 32.0 Å². The van der Waals surface area contributed by atoms with Crippen molar-refractivity contribution in [3.8, 4) is 0 Å². The van der Waals surface area contributed by atoms with Crippen LogP contribution >= 0.6 is 0 Å². The van der Waals surface area contributed by atoms with Crippen molar-refractivity contribution < 1.29 is 27.2 Å². The summed E-state index contributed by atoms with van der Waals surface area (Å²) in [4.78, 5) is 25.0. The van der Waals surface area contributed by atoms with Crippen molar-refractivity contribution in [1.82, 2.24) is 4.90 Å². The first kappa shape index (κ1) is 17.2. The summed E-state index contributed by atoms with van der Waals surface area (Å²) < 4.78 is 51.6. The number of nitrogens with two attached hydrogens (primary N) is 1. The molecule has 0 saturated carbocycles. The quantitative estimate of drug-likeness (QED) is 0.846. The van der Waals surface area contributed by atoms with Crippen molar-refractivity contribution >= 4 is 11.8 Å². The van der Waals surface area contributed by atoms with Gasteiger partial charge in [-0.15, -0.1) is 0 Å². The molecular weight excluding hydrogens is 316 g/mol. The van der Waals surface area contributed by atoms with Gasteiger partial charge >= 0.3 is 6.18 Å². The van der Waals surface area contributed by atoms with Gasteiger partial charge in [0.2, 0.25) is 5.91 Å². The summed E-state index contributed by atoms with van der Waals surface area (Å²) >= 11 is 0. The zero-order chi connectivity index (χ0) is 17.4. The minimum atomic E-state index is -4.89. The van der Waals surface area contributed by atoms with Crippen molar-refractivity contribution in [3.63, 3.8) is 0 Å². The van der Waals surface area contributed by atoms with Gasteiger partial charge in [-0.1, -0.05) is 0 Å². The molecule has 0 aromatic heterocycles. The highest BCUT2D eigenvalue weighted by Crippen LogP contribution is 2.32. The molecule has 2 N–H and O–H groups in total. The zero-order valence-electron chi connectivity index (χ0n) is 12.4. The summed E-state index contributed by atoms with van der Waals surface area (Å²) in [7, 11) is 0. The number of carbonyl (C=O) groups is 2. The lowest BCUT2D eigenvalue weighted by Gasteiger charge is -2.37. The molecular formula is C15H16F4N2O2. The van der Waals surface area contributed by atoms with Crippen LogP contribution in [0.1, 0.15) is 35.7 Å². The molecule has 1 aromatic carbocycles. The number of carbonyl (C=O) groups excluding carboxylic acids is 2. The Morgan fingerprint density at radius 2 is 1.91 bits per heavy atom. The second kappa shape index (κ2) is 6.17. The molecule has 0 aliphatic carbocycles. The number of benzene rings is 1. The highest BCUT2D eigenvalue weighted by atomic mass is 19.4. The third-order valence-electron chi connectivity index (χ3n) is 4.06. The summed E-state index contributed by atoms with van der Waals surface area (Å²) in [5.41, 5.74) is 3.49. The molecule has 1 heterocycles. The molecule has 8 heteroatoms. The first-order chi connectivity index (χ1) is 10.6. The molecule has 1 fully saturated rings. The van der Waals surface area contributed by atoms with Crippen LogP contribution in [0.4, 0.5) is 17.6 Å². The van der Waals surface area contributed by atoms with E-state index in [9.17, 15) is 27.2 Å². The lowest BCUT2D eigenvalue weighted by atomic mass is 9.92. The van der Waals surface area contributed by atoms with Gasteiger partial charge < -0.3 is 10.6 Å². The van der Waals surface area contributed by atoms with Crippen LogP contribution in [0.25, 0.3) is 0 Å². The number of likely N-dealkylation sites (tertiary alicyclic amines) is 1. The highest BCUT2D eigenvalue weighted by molar-refractivity contribution is 5.95. The average Bonchev–Trinajstić information content (AvgIpc) is 2.46. The Morgan fingerprint density at radius 1 is 1.26 bits per heavy atom. The van der Waals surface area contributed by atoms with Crippen LogP contribution in [0, 0.1) is 11.7 Å². The zero-order valence-corrected chi connectivity index (χ0v) is 12.4. The van der Waals surface area contributed by atoms with E-state index in [0.29, 0.717) is 25.0 Å². The second-order valence-corrected chi connectivity index (χ2v) is 5.68. The molecule has 1 aromatic rings. The molecule has 0 radical (unpaired) electrons. The molecule has 23 heavy (non-hydrogen) atoms. The second-order valence-electron chi connectivity index (χ2n) is 5.68. The Bertz CT molecular complexity index is 630. The fraction of sp³-hybridized carbons (Fsp3) is 0.467. The van der Waals surface area contributed by atoms with Crippen LogP contribution < -0.4 is 5.73 Å². The van der Waals surface area contributed by atoms with E-state index in [1.165, 1.54) is 4.90 Å². The molecule has 2 unspecified atom stereocenters. The third kappa shape index (κ3) is 3.62. The monoisotopic (exact) mass is 332 g/mol. The van der Waals surface area contributed by atoms with Crippen LogP contribution in [0.2, 0.25) is 0 Å². The SMILES string of the molecule is CC1CCC(C(N)=O)CN1C(=O)c1ccc(F)c(C(F)(F)F)c1. The van der Waals surface area contributed by atoms with Gasteiger partial charge in [-0.05, 0) is 38.0 Å². The predicted octanol–water partition coefficient (Wildman–Crippen LogP) is 2.57. The van der Waals surface area contributed by atoms with E-state index in [1.807, 2.05) is 0 Å². The van der Waals surface area contributed by atoms with Crippen LogP contribution in [0.15, 0.2) is 18.2 Å². The summed E-state index contributed by atoms with van der Waals surface area (Å²) in [6.07, 6.45) is -3.84. The first-order valence-electron chi connectivity index (χ1n) is 7.08. The van der Waals surface area contributed by atoms with E-state index in [0.717, 1.165) is 6.07 Å². The fourth-order valence-electron chi connectivity index (χ4n) is 2.66. The van der Waals surface area contributed by atoms with Gasteiger partial charge in [-0.3, -0.25) is 9.59 Å². The largest absolute Gasteiger partial charge is 0.419 e. The number of amides is 2. The van der Waals surface area contributed by atoms with Crippen LogP contribution in [-0.2, 0) is 11.0 Å². The molecule has 1 saturated heterocycles. The van der Waals surface area contributed by atoms with Gasteiger partial charge in [0.25, 0.3) is 5.91 Å². The number of piperidine rings is 1. The van der Waals surface area contributed by atoms with Crippen molar-refractivity contribution in [1.29, 1.82) is 0 Å². The van der Waals surface area contributed by atoms with Gasteiger partial charge in [0.1, 0.15) is 5.82 Å². The summed E-state index contributed by atoms with van der Waals surface area (Å²) in [5.74, 6) is -3.19. The molecule has 0 spiro atoms. The maximum Gasteiger partial charge on any atom is 0.419 e. The number of halogens is 4. The number of hydrogen-bond donors (Lipinski definition) is 1. The molecule has 0 bridgehead atoms. The summed E-state index contributed by atoms with van der Waals surface area (Å²) in [5, 5.41) is 0. The Balaban J connectivity index is 2.31. The van der Waals surface area contributed by atoms with Gasteiger partial charge in [-0.2, -0.15) is 13.2 Å². The summed E-state index contributed by atoms with van der Waals surface area (Å²) in [6.45, 7) is 1.79.